The maximum absolute atomic E-state index is 11.9. The van der Waals surface area contributed by atoms with E-state index in [9.17, 15) is 18.3 Å². The molecule has 0 aromatic heterocycles. The van der Waals surface area contributed by atoms with Crippen molar-refractivity contribution in [2.75, 3.05) is 0 Å². The van der Waals surface area contributed by atoms with Gasteiger partial charge in [0.15, 0.2) is 0 Å². The summed E-state index contributed by atoms with van der Waals surface area (Å²) >= 11 is 0. The third kappa shape index (κ3) is 4.16. The van der Waals surface area contributed by atoms with Crippen molar-refractivity contribution in [3.05, 3.63) is 23.8 Å². The molecule has 1 aromatic carbocycles. The van der Waals surface area contributed by atoms with Crippen LogP contribution in [-0.2, 0) is 0 Å². The number of ether oxygens (including phenoxy) is 1. The number of alkyl halides is 3. The Morgan fingerprint density at radius 2 is 1.94 bits per heavy atom. The molecule has 0 aliphatic rings. The summed E-state index contributed by atoms with van der Waals surface area (Å²) in [6, 6.07) is 2.63. The van der Waals surface area contributed by atoms with E-state index in [0.29, 0.717) is 0 Å². The summed E-state index contributed by atoms with van der Waals surface area (Å²) in [6.07, 6.45) is -4.74. The number of halogens is 4. The van der Waals surface area contributed by atoms with Crippen LogP contribution in [0.4, 0.5) is 13.2 Å². The van der Waals surface area contributed by atoms with Gasteiger partial charge in [-0.25, -0.2) is 0 Å². The standard InChI is InChI=1S/C9H10F3NO2.ClH/c1-5(13)7-4-6(2-3-8(7)14)15-9(10,11)12;/h2-5,14H,13H2,1H3;1H/t5-;/m0./s1. The molecule has 0 radical (unpaired) electrons. The summed E-state index contributed by atoms with van der Waals surface area (Å²) in [5.74, 6) is -0.549. The highest BCUT2D eigenvalue weighted by molar-refractivity contribution is 5.85. The summed E-state index contributed by atoms with van der Waals surface area (Å²) in [7, 11) is 0. The van der Waals surface area contributed by atoms with Crippen molar-refractivity contribution < 1.29 is 23.0 Å². The normalized spacial score (nSPS) is 12.8. The molecule has 7 heteroatoms. The van der Waals surface area contributed by atoms with Crippen molar-refractivity contribution in [2.45, 2.75) is 19.3 Å². The number of rotatable bonds is 2. The number of benzene rings is 1. The van der Waals surface area contributed by atoms with Gasteiger partial charge in [-0.2, -0.15) is 0 Å². The third-order valence-electron chi connectivity index (χ3n) is 1.72. The first kappa shape index (κ1) is 14.9. The van der Waals surface area contributed by atoms with E-state index in [1.165, 1.54) is 0 Å². The van der Waals surface area contributed by atoms with Gasteiger partial charge in [0.05, 0.1) is 0 Å². The molecule has 3 nitrogen and oxygen atoms in total. The highest BCUT2D eigenvalue weighted by Crippen LogP contribution is 2.30. The molecule has 16 heavy (non-hydrogen) atoms. The van der Waals surface area contributed by atoms with E-state index in [1.807, 2.05) is 0 Å². The second kappa shape index (κ2) is 5.27. The van der Waals surface area contributed by atoms with Crippen LogP contribution in [0.1, 0.15) is 18.5 Å². The highest BCUT2D eigenvalue weighted by atomic mass is 35.5. The minimum Gasteiger partial charge on any atom is -0.508 e. The van der Waals surface area contributed by atoms with Gasteiger partial charge >= 0.3 is 6.36 Å². The van der Waals surface area contributed by atoms with Gasteiger partial charge < -0.3 is 15.6 Å². The minimum absolute atomic E-state index is 0. The minimum atomic E-state index is -4.74. The Kier molecular flexibility index (Phi) is 4.89. The van der Waals surface area contributed by atoms with Crippen LogP contribution in [0.2, 0.25) is 0 Å². The number of phenolic OH excluding ortho intramolecular Hbond substituents is 1. The monoisotopic (exact) mass is 257 g/mol. The van der Waals surface area contributed by atoms with Crippen molar-refractivity contribution >= 4 is 12.4 Å². The number of hydrogen-bond acceptors (Lipinski definition) is 3. The molecule has 3 N–H and O–H groups in total. The Labute approximate surface area is 96.4 Å². The fourth-order valence-corrected chi connectivity index (χ4v) is 1.09. The molecule has 0 amide bonds. The van der Waals surface area contributed by atoms with Crippen molar-refractivity contribution in [1.82, 2.24) is 0 Å². The van der Waals surface area contributed by atoms with Crippen molar-refractivity contribution in [3.63, 3.8) is 0 Å². The maximum Gasteiger partial charge on any atom is 0.573 e. The van der Waals surface area contributed by atoms with Crippen LogP contribution in [0.5, 0.6) is 11.5 Å². The molecule has 0 aliphatic heterocycles. The predicted octanol–water partition coefficient (Wildman–Crippen LogP) is 2.73. The zero-order valence-corrected chi connectivity index (χ0v) is 9.10. The molecular weight excluding hydrogens is 247 g/mol. The van der Waals surface area contributed by atoms with Crippen molar-refractivity contribution in [3.8, 4) is 11.5 Å². The van der Waals surface area contributed by atoms with Crippen LogP contribution in [0, 0.1) is 0 Å². The largest absolute Gasteiger partial charge is 0.573 e. The van der Waals surface area contributed by atoms with Crippen LogP contribution in [-0.4, -0.2) is 11.5 Å². The third-order valence-corrected chi connectivity index (χ3v) is 1.72. The van der Waals surface area contributed by atoms with Crippen molar-refractivity contribution in [1.29, 1.82) is 0 Å². The Bertz CT molecular complexity index is 355. The maximum atomic E-state index is 11.9. The first-order valence-electron chi connectivity index (χ1n) is 4.14. The van der Waals surface area contributed by atoms with Gasteiger partial charge in [0.1, 0.15) is 11.5 Å². The quantitative estimate of drug-likeness (QED) is 0.857. The predicted molar refractivity (Wildman–Crippen MR) is 54.6 cm³/mol. The van der Waals surface area contributed by atoms with E-state index >= 15 is 0 Å². The summed E-state index contributed by atoms with van der Waals surface area (Å²) < 4.78 is 39.3. The molecular formula is C9H11ClF3NO2. The van der Waals surface area contributed by atoms with E-state index in [1.54, 1.807) is 6.92 Å². The smallest absolute Gasteiger partial charge is 0.508 e. The molecule has 92 valence electrons. The molecule has 1 atom stereocenters. The summed E-state index contributed by atoms with van der Waals surface area (Å²) in [4.78, 5) is 0. The van der Waals surface area contributed by atoms with Crippen LogP contribution >= 0.6 is 12.4 Å². The average molecular weight is 258 g/mol. The fourth-order valence-electron chi connectivity index (χ4n) is 1.09. The van der Waals surface area contributed by atoms with E-state index in [0.717, 1.165) is 18.2 Å². The SMILES string of the molecule is C[C@H](N)c1cc(OC(F)(F)F)ccc1O.Cl. The fraction of sp³-hybridized carbons (Fsp3) is 0.333. The first-order chi connectivity index (χ1) is 6.79. The van der Waals surface area contributed by atoms with Gasteiger partial charge in [0.2, 0.25) is 0 Å². The molecule has 0 unspecified atom stereocenters. The molecule has 0 aliphatic carbocycles. The second-order valence-corrected chi connectivity index (χ2v) is 3.06. The van der Waals surface area contributed by atoms with E-state index in [2.05, 4.69) is 4.74 Å². The first-order valence-corrected chi connectivity index (χ1v) is 4.14. The van der Waals surface area contributed by atoms with Gasteiger partial charge in [-0.15, -0.1) is 25.6 Å². The summed E-state index contributed by atoms with van der Waals surface area (Å²) in [5, 5.41) is 9.29. The second-order valence-electron chi connectivity index (χ2n) is 3.06. The summed E-state index contributed by atoms with van der Waals surface area (Å²) in [6.45, 7) is 1.55. The number of nitrogens with two attached hydrogens (primary N) is 1. The van der Waals surface area contributed by atoms with Crippen LogP contribution in [0.25, 0.3) is 0 Å². The molecule has 0 heterocycles. The van der Waals surface area contributed by atoms with Crippen LogP contribution in [0.15, 0.2) is 18.2 Å². The zero-order valence-electron chi connectivity index (χ0n) is 8.28. The molecule has 1 rings (SSSR count). The van der Waals surface area contributed by atoms with E-state index in [4.69, 9.17) is 5.73 Å². The van der Waals surface area contributed by atoms with Gasteiger partial charge in [0.25, 0.3) is 0 Å². The highest BCUT2D eigenvalue weighted by Gasteiger charge is 2.31. The molecule has 1 aromatic rings. The van der Waals surface area contributed by atoms with Crippen molar-refractivity contribution in [2.24, 2.45) is 5.73 Å². The number of aromatic hydroxyl groups is 1. The van der Waals surface area contributed by atoms with Crippen LogP contribution < -0.4 is 10.5 Å². The Morgan fingerprint density at radius 1 is 1.38 bits per heavy atom. The lowest BCUT2D eigenvalue weighted by molar-refractivity contribution is -0.274. The molecule has 0 bridgehead atoms. The Balaban J connectivity index is 0.00000225. The molecule has 0 spiro atoms. The Morgan fingerprint density at radius 3 is 2.38 bits per heavy atom. The Hall–Kier alpha value is -1.14. The topological polar surface area (TPSA) is 55.5 Å². The molecule has 0 saturated carbocycles. The average Bonchev–Trinajstić information content (AvgIpc) is 2.05. The van der Waals surface area contributed by atoms with Gasteiger partial charge in [0, 0.05) is 11.6 Å². The van der Waals surface area contributed by atoms with Gasteiger partial charge in [-0.05, 0) is 25.1 Å². The number of hydrogen-bond donors (Lipinski definition) is 2. The lowest BCUT2D eigenvalue weighted by Crippen LogP contribution is -2.17. The lowest BCUT2D eigenvalue weighted by Gasteiger charge is -2.12. The number of phenols is 1. The molecule has 0 saturated heterocycles. The van der Waals surface area contributed by atoms with Gasteiger partial charge in [-0.1, -0.05) is 0 Å². The summed E-state index contributed by atoms with van der Waals surface area (Å²) in [5.41, 5.74) is 5.66. The zero-order chi connectivity index (χ0) is 11.6. The molecule has 0 fully saturated rings. The van der Waals surface area contributed by atoms with Gasteiger partial charge in [-0.3, -0.25) is 0 Å². The van der Waals surface area contributed by atoms with E-state index < -0.39 is 18.2 Å². The lowest BCUT2D eigenvalue weighted by atomic mass is 10.1. The van der Waals surface area contributed by atoms with Crippen LogP contribution in [0.3, 0.4) is 0 Å². The van der Waals surface area contributed by atoms with E-state index in [-0.39, 0.29) is 23.7 Å².